The van der Waals surface area contributed by atoms with Crippen molar-refractivity contribution in [1.82, 2.24) is 0 Å². The highest BCUT2D eigenvalue weighted by Gasteiger charge is 2.31. The molecule has 0 unspecified atom stereocenters. The molecule has 0 spiro atoms. The molecule has 2 aromatic rings. The van der Waals surface area contributed by atoms with E-state index in [4.69, 9.17) is 10.5 Å². The van der Waals surface area contributed by atoms with Gasteiger partial charge in [-0.25, -0.2) is 0 Å². The SMILES string of the molecule is COc1cc(Br)c(O)c([C@@H](N)c2ccc(OC(F)(F)F)cc2)c1.Cl. The molecule has 0 saturated heterocycles. The zero-order valence-electron chi connectivity index (χ0n) is 12.3. The molecule has 0 bridgehead atoms. The van der Waals surface area contributed by atoms with Crippen molar-refractivity contribution in [3.8, 4) is 17.2 Å². The van der Waals surface area contributed by atoms with Gasteiger partial charge in [-0.05, 0) is 45.8 Å². The molecule has 0 fully saturated rings. The molecule has 9 heteroatoms. The first-order chi connectivity index (χ1) is 10.7. The third kappa shape index (κ3) is 4.93. The minimum Gasteiger partial charge on any atom is -0.506 e. The topological polar surface area (TPSA) is 64.7 Å². The molecular formula is C15H14BrClF3NO3. The third-order valence-electron chi connectivity index (χ3n) is 3.11. The van der Waals surface area contributed by atoms with Crippen LogP contribution in [0, 0.1) is 0 Å². The molecular weight excluding hydrogens is 415 g/mol. The number of rotatable bonds is 4. The minimum absolute atomic E-state index is 0. The molecule has 0 radical (unpaired) electrons. The van der Waals surface area contributed by atoms with Gasteiger partial charge in [-0.2, -0.15) is 0 Å². The number of hydrogen-bond donors (Lipinski definition) is 2. The van der Waals surface area contributed by atoms with E-state index in [0.717, 1.165) is 12.1 Å². The largest absolute Gasteiger partial charge is 0.573 e. The lowest BCUT2D eigenvalue weighted by Crippen LogP contribution is -2.17. The van der Waals surface area contributed by atoms with Gasteiger partial charge in [0.1, 0.15) is 17.2 Å². The number of methoxy groups -OCH3 is 1. The number of halogens is 5. The molecule has 0 saturated carbocycles. The van der Waals surface area contributed by atoms with Crippen LogP contribution in [0.25, 0.3) is 0 Å². The Morgan fingerprint density at radius 3 is 2.21 bits per heavy atom. The normalized spacial score (nSPS) is 12.2. The van der Waals surface area contributed by atoms with Crippen molar-refractivity contribution in [2.75, 3.05) is 7.11 Å². The highest BCUT2D eigenvalue weighted by atomic mass is 79.9. The molecule has 0 aromatic heterocycles. The Balaban J connectivity index is 0.00000288. The lowest BCUT2D eigenvalue weighted by atomic mass is 9.98. The molecule has 2 rings (SSSR count). The Morgan fingerprint density at radius 1 is 1.12 bits per heavy atom. The number of ether oxygens (including phenoxy) is 2. The van der Waals surface area contributed by atoms with Crippen molar-refractivity contribution in [2.24, 2.45) is 5.73 Å². The fourth-order valence-corrected chi connectivity index (χ4v) is 2.46. The zero-order chi connectivity index (χ0) is 17.2. The van der Waals surface area contributed by atoms with Crippen molar-refractivity contribution < 1.29 is 27.8 Å². The second-order valence-corrected chi connectivity index (χ2v) is 5.50. The van der Waals surface area contributed by atoms with Gasteiger partial charge in [0.25, 0.3) is 0 Å². The Morgan fingerprint density at radius 2 is 1.71 bits per heavy atom. The van der Waals surface area contributed by atoms with Gasteiger partial charge in [-0.1, -0.05) is 12.1 Å². The quantitative estimate of drug-likeness (QED) is 0.751. The maximum Gasteiger partial charge on any atom is 0.573 e. The molecule has 1 atom stereocenters. The highest BCUT2D eigenvalue weighted by Crippen LogP contribution is 2.37. The van der Waals surface area contributed by atoms with E-state index in [1.807, 2.05) is 0 Å². The first-order valence-corrected chi connectivity index (χ1v) is 7.18. The summed E-state index contributed by atoms with van der Waals surface area (Å²) in [5.74, 6) is 0.0792. The average molecular weight is 429 g/mol. The summed E-state index contributed by atoms with van der Waals surface area (Å²) in [6, 6.07) is 7.51. The van der Waals surface area contributed by atoms with Gasteiger partial charge >= 0.3 is 6.36 Å². The van der Waals surface area contributed by atoms with Crippen LogP contribution >= 0.6 is 28.3 Å². The zero-order valence-corrected chi connectivity index (χ0v) is 14.7. The lowest BCUT2D eigenvalue weighted by molar-refractivity contribution is -0.274. The second kappa shape index (κ2) is 7.96. The number of nitrogens with two attached hydrogens (primary N) is 1. The number of phenols is 1. The first-order valence-electron chi connectivity index (χ1n) is 6.39. The Bertz CT molecular complexity index is 696. The monoisotopic (exact) mass is 427 g/mol. The van der Waals surface area contributed by atoms with Crippen molar-refractivity contribution in [3.63, 3.8) is 0 Å². The van der Waals surface area contributed by atoms with Gasteiger partial charge < -0.3 is 20.3 Å². The molecule has 2 aromatic carbocycles. The minimum atomic E-state index is -4.75. The summed E-state index contributed by atoms with van der Waals surface area (Å²) in [6.45, 7) is 0. The first kappa shape index (κ1) is 20.4. The predicted octanol–water partition coefficient (Wildman–Crippen LogP) is 4.53. The highest BCUT2D eigenvalue weighted by molar-refractivity contribution is 9.10. The van der Waals surface area contributed by atoms with Crippen molar-refractivity contribution >= 4 is 28.3 Å². The number of hydrogen-bond acceptors (Lipinski definition) is 4. The summed E-state index contributed by atoms with van der Waals surface area (Å²) >= 11 is 3.19. The van der Waals surface area contributed by atoms with Gasteiger partial charge in [0, 0.05) is 5.56 Å². The number of phenolic OH excluding ortho intramolecular Hbond substituents is 1. The van der Waals surface area contributed by atoms with Gasteiger partial charge in [-0.15, -0.1) is 25.6 Å². The van der Waals surface area contributed by atoms with Crippen LogP contribution in [-0.2, 0) is 0 Å². The molecule has 0 aliphatic carbocycles. The summed E-state index contributed by atoms with van der Waals surface area (Å²) in [6.07, 6.45) is -4.75. The van der Waals surface area contributed by atoms with E-state index in [2.05, 4.69) is 20.7 Å². The van der Waals surface area contributed by atoms with Crippen LogP contribution in [0.5, 0.6) is 17.2 Å². The van der Waals surface area contributed by atoms with E-state index in [1.165, 1.54) is 19.2 Å². The predicted molar refractivity (Wildman–Crippen MR) is 88.8 cm³/mol. The number of alkyl halides is 3. The Kier molecular flexibility index (Phi) is 6.76. The number of benzene rings is 2. The van der Waals surface area contributed by atoms with E-state index >= 15 is 0 Å². The van der Waals surface area contributed by atoms with Crippen molar-refractivity contribution in [2.45, 2.75) is 12.4 Å². The van der Waals surface area contributed by atoms with E-state index < -0.39 is 12.4 Å². The van der Waals surface area contributed by atoms with E-state index in [0.29, 0.717) is 21.3 Å². The van der Waals surface area contributed by atoms with Crippen molar-refractivity contribution in [3.05, 3.63) is 52.0 Å². The van der Waals surface area contributed by atoms with Crippen molar-refractivity contribution in [1.29, 1.82) is 0 Å². The molecule has 0 amide bonds. The van der Waals surface area contributed by atoms with Crippen LogP contribution in [-0.4, -0.2) is 18.6 Å². The second-order valence-electron chi connectivity index (χ2n) is 4.64. The smallest absolute Gasteiger partial charge is 0.506 e. The fourth-order valence-electron chi connectivity index (χ4n) is 2.01. The van der Waals surface area contributed by atoms with Crippen LogP contribution in [0.4, 0.5) is 13.2 Å². The summed E-state index contributed by atoms with van der Waals surface area (Å²) in [5, 5.41) is 10.1. The van der Waals surface area contributed by atoms with Gasteiger partial charge in [0.05, 0.1) is 17.6 Å². The maximum atomic E-state index is 12.1. The average Bonchev–Trinajstić information content (AvgIpc) is 2.48. The molecule has 132 valence electrons. The van der Waals surface area contributed by atoms with E-state index in [1.54, 1.807) is 12.1 Å². The summed E-state index contributed by atoms with van der Waals surface area (Å²) in [5.41, 5.74) is 6.97. The van der Waals surface area contributed by atoms with E-state index in [-0.39, 0.29) is 23.9 Å². The molecule has 0 aliphatic heterocycles. The third-order valence-corrected chi connectivity index (χ3v) is 3.71. The van der Waals surface area contributed by atoms with Gasteiger partial charge in [-0.3, -0.25) is 0 Å². The standard InChI is InChI=1S/C15H13BrF3NO3.ClH/c1-22-10-6-11(14(21)12(16)7-10)13(20)8-2-4-9(5-3-8)23-15(17,18)19;/h2-7,13,21H,20H2,1H3;1H/t13-;/m0./s1. The Hall–Kier alpha value is -1.64. The van der Waals surface area contributed by atoms with Crippen LogP contribution in [0.1, 0.15) is 17.2 Å². The van der Waals surface area contributed by atoms with Gasteiger partial charge in [0.2, 0.25) is 0 Å². The van der Waals surface area contributed by atoms with E-state index in [9.17, 15) is 18.3 Å². The lowest BCUT2D eigenvalue weighted by Gasteiger charge is -2.17. The summed E-state index contributed by atoms with van der Waals surface area (Å²) in [4.78, 5) is 0. The summed E-state index contributed by atoms with van der Waals surface area (Å²) < 4.78 is 45.8. The van der Waals surface area contributed by atoms with Crippen LogP contribution < -0.4 is 15.2 Å². The number of aromatic hydroxyl groups is 1. The maximum absolute atomic E-state index is 12.1. The van der Waals surface area contributed by atoms with Crippen LogP contribution in [0.2, 0.25) is 0 Å². The molecule has 4 nitrogen and oxygen atoms in total. The van der Waals surface area contributed by atoms with Crippen LogP contribution in [0.3, 0.4) is 0 Å². The molecule has 24 heavy (non-hydrogen) atoms. The molecule has 3 N–H and O–H groups in total. The Labute approximate surface area is 150 Å². The van der Waals surface area contributed by atoms with Crippen LogP contribution in [0.15, 0.2) is 40.9 Å². The molecule has 0 heterocycles. The molecule has 0 aliphatic rings. The van der Waals surface area contributed by atoms with Gasteiger partial charge in [0.15, 0.2) is 0 Å². The summed E-state index contributed by atoms with van der Waals surface area (Å²) in [7, 11) is 1.47. The fraction of sp³-hybridized carbons (Fsp3) is 0.200.